The van der Waals surface area contributed by atoms with Gasteiger partial charge < -0.3 is 15.4 Å². The van der Waals surface area contributed by atoms with Crippen LogP contribution in [0.1, 0.15) is 44.5 Å². The van der Waals surface area contributed by atoms with Crippen molar-refractivity contribution >= 4 is 5.95 Å². The highest BCUT2D eigenvalue weighted by atomic mass is 16.5. The highest BCUT2D eigenvalue weighted by Gasteiger charge is 2.32. The van der Waals surface area contributed by atoms with Gasteiger partial charge in [-0.1, -0.05) is 6.92 Å². The molecule has 19 heavy (non-hydrogen) atoms. The Morgan fingerprint density at radius 2 is 2.42 bits per heavy atom. The third-order valence-electron chi connectivity index (χ3n) is 4.28. The fraction of sp³-hybridized carbons (Fsp3) is 0.846. The Labute approximate surface area is 113 Å². The van der Waals surface area contributed by atoms with Gasteiger partial charge in [0, 0.05) is 19.7 Å². The van der Waals surface area contributed by atoms with E-state index in [0.29, 0.717) is 6.54 Å². The molecular weight excluding hydrogens is 242 g/mol. The minimum Gasteiger partial charge on any atom is -0.370 e. The van der Waals surface area contributed by atoms with Gasteiger partial charge in [-0.25, -0.2) is 0 Å². The second-order valence-electron chi connectivity index (χ2n) is 6.06. The molecule has 0 aliphatic carbocycles. The van der Waals surface area contributed by atoms with E-state index in [0.717, 1.165) is 50.7 Å². The molecule has 0 aromatic carbocycles. The summed E-state index contributed by atoms with van der Waals surface area (Å²) < 4.78 is 5.63. The van der Waals surface area contributed by atoms with Gasteiger partial charge in [0.25, 0.3) is 0 Å². The fourth-order valence-corrected chi connectivity index (χ4v) is 3.00. The summed E-state index contributed by atoms with van der Waals surface area (Å²) in [6.07, 6.45) is 4.58. The van der Waals surface area contributed by atoms with Crippen LogP contribution in [0.25, 0.3) is 0 Å². The van der Waals surface area contributed by atoms with Crippen LogP contribution in [0, 0.1) is 5.41 Å². The average molecular weight is 265 g/mol. The molecule has 1 aromatic rings. The van der Waals surface area contributed by atoms with E-state index in [1.807, 2.05) is 0 Å². The van der Waals surface area contributed by atoms with Crippen molar-refractivity contribution in [3.8, 4) is 0 Å². The molecule has 2 atom stereocenters. The zero-order valence-corrected chi connectivity index (χ0v) is 11.6. The number of aromatic amines is 1. The summed E-state index contributed by atoms with van der Waals surface area (Å²) in [5, 5.41) is 7.38. The molecule has 2 unspecified atom stereocenters. The second-order valence-corrected chi connectivity index (χ2v) is 6.06. The lowest BCUT2D eigenvalue weighted by atomic mass is 9.82. The van der Waals surface area contributed by atoms with E-state index in [9.17, 15) is 0 Å². The normalized spacial score (nSPS) is 31.9. The molecule has 2 saturated heterocycles. The maximum Gasteiger partial charge on any atom is 0.244 e. The fourth-order valence-electron chi connectivity index (χ4n) is 3.00. The average Bonchev–Trinajstić information content (AvgIpc) is 3.09. The molecule has 6 nitrogen and oxygen atoms in total. The number of H-pyrrole nitrogens is 1. The van der Waals surface area contributed by atoms with Crippen LogP contribution in [0.3, 0.4) is 0 Å². The van der Waals surface area contributed by atoms with Gasteiger partial charge in [0.1, 0.15) is 6.10 Å². The van der Waals surface area contributed by atoms with Gasteiger partial charge in [0.15, 0.2) is 5.82 Å². The molecule has 1 aromatic heterocycles. The molecule has 2 aliphatic rings. The molecule has 0 saturated carbocycles. The number of hydrogen-bond donors (Lipinski definition) is 2. The highest BCUT2D eigenvalue weighted by molar-refractivity contribution is 5.30. The molecule has 0 amide bonds. The minimum atomic E-state index is 0.104. The summed E-state index contributed by atoms with van der Waals surface area (Å²) >= 11 is 0. The van der Waals surface area contributed by atoms with E-state index in [-0.39, 0.29) is 11.5 Å². The number of aromatic nitrogens is 3. The molecule has 3 rings (SSSR count). The van der Waals surface area contributed by atoms with Gasteiger partial charge in [-0.15, -0.1) is 5.10 Å². The molecule has 3 heterocycles. The van der Waals surface area contributed by atoms with Crippen LogP contribution in [0.5, 0.6) is 0 Å². The van der Waals surface area contributed by atoms with Crippen LogP contribution < -0.4 is 10.6 Å². The SMILES string of the molecule is CC1(CN)CCCN(c2n[nH]c(C3CCCO3)n2)C1. The summed E-state index contributed by atoms with van der Waals surface area (Å²) in [5.74, 6) is 1.66. The summed E-state index contributed by atoms with van der Waals surface area (Å²) in [7, 11) is 0. The lowest BCUT2D eigenvalue weighted by Gasteiger charge is -2.39. The van der Waals surface area contributed by atoms with Crippen molar-refractivity contribution in [3.63, 3.8) is 0 Å². The molecule has 0 spiro atoms. The second kappa shape index (κ2) is 5.09. The van der Waals surface area contributed by atoms with Crippen LogP contribution in [0.15, 0.2) is 0 Å². The van der Waals surface area contributed by atoms with Crippen molar-refractivity contribution in [2.75, 3.05) is 31.1 Å². The lowest BCUT2D eigenvalue weighted by molar-refractivity contribution is 0.105. The van der Waals surface area contributed by atoms with E-state index in [1.54, 1.807) is 0 Å². The number of nitrogens with two attached hydrogens (primary N) is 1. The molecule has 106 valence electrons. The van der Waals surface area contributed by atoms with Gasteiger partial charge in [0.05, 0.1) is 0 Å². The topological polar surface area (TPSA) is 80.1 Å². The van der Waals surface area contributed by atoms with Crippen molar-refractivity contribution in [1.82, 2.24) is 15.2 Å². The summed E-state index contributed by atoms with van der Waals surface area (Å²) in [6, 6.07) is 0. The summed E-state index contributed by atoms with van der Waals surface area (Å²) in [5.41, 5.74) is 6.07. The van der Waals surface area contributed by atoms with Crippen molar-refractivity contribution in [2.24, 2.45) is 11.1 Å². The number of hydrogen-bond acceptors (Lipinski definition) is 5. The van der Waals surface area contributed by atoms with E-state index >= 15 is 0 Å². The minimum absolute atomic E-state index is 0.104. The van der Waals surface area contributed by atoms with Crippen molar-refractivity contribution in [3.05, 3.63) is 5.82 Å². The smallest absolute Gasteiger partial charge is 0.244 e. The number of ether oxygens (including phenoxy) is 1. The van der Waals surface area contributed by atoms with E-state index in [1.165, 1.54) is 6.42 Å². The standard InChI is InChI=1S/C13H23N5O/c1-13(8-14)5-3-6-18(9-13)12-15-11(16-17-12)10-4-2-7-19-10/h10H,2-9,14H2,1H3,(H,15,16,17). The van der Waals surface area contributed by atoms with E-state index < -0.39 is 0 Å². The molecule has 3 N–H and O–H groups in total. The monoisotopic (exact) mass is 265 g/mol. The Morgan fingerprint density at radius 1 is 1.53 bits per heavy atom. The summed E-state index contributed by atoms with van der Waals surface area (Å²) in [4.78, 5) is 6.85. The van der Waals surface area contributed by atoms with Crippen LogP contribution in [0.4, 0.5) is 5.95 Å². The first-order valence-corrected chi connectivity index (χ1v) is 7.19. The first-order valence-electron chi connectivity index (χ1n) is 7.19. The number of nitrogens with zero attached hydrogens (tertiary/aromatic N) is 3. The zero-order valence-electron chi connectivity index (χ0n) is 11.6. The van der Waals surface area contributed by atoms with Gasteiger partial charge >= 0.3 is 0 Å². The number of piperidine rings is 1. The van der Waals surface area contributed by atoms with Crippen molar-refractivity contribution < 1.29 is 4.74 Å². The maximum absolute atomic E-state index is 5.89. The predicted octanol–water partition coefficient (Wildman–Crippen LogP) is 1.22. The van der Waals surface area contributed by atoms with Gasteiger partial charge in [-0.05, 0) is 37.6 Å². The molecular formula is C13H23N5O. The van der Waals surface area contributed by atoms with Crippen LogP contribution in [-0.4, -0.2) is 41.4 Å². The van der Waals surface area contributed by atoms with Crippen LogP contribution >= 0.6 is 0 Å². The number of nitrogens with one attached hydrogen (secondary N) is 1. The van der Waals surface area contributed by atoms with Crippen LogP contribution in [-0.2, 0) is 4.74 Å². The Morgan fingerprint density at radius 3 is 3.16 bits per heavy atom. The van der Waals surface area contributed by atoms with E-state index in [4.69, 9.17) is 10.5 Å². The highest BCUT2D eigenvalue weighted by Crippen LogP contribution is 2.31. The Kier molecular flexibility index (Phi) is 3.45. The van der Waals surface area contributed by atoms with E-state index in [2.05, 4.69) is 27.0 Å². The quantitative estimate of drug-likeness (QED) is 0.859. The van der Waals surface area contributed by atoms with Gasteiger partial charge in [-0.2, -0.15) is 4.98 Å². The predicted molar refractivity (Wildman–Crippen MR) is 72.9 cm³/mol. The first-order chi connectivity index (χ1) is 9.20. The Bertz CT molecular complexity index is 428. The van der Waals surface area contributed by atoms with Gasteiger partial charge in [0.2, 0.25) is 5.95 Å². The molecule has 0 radical (unpaired) electrons. The van der Waals surface area contributed by atoms with Crippen molar-refractivity contribution in [2.45, 2.75) is 38.7 Å². The first kappa shape index (κ1) is 12.9. The molecule has 2 fully saturated rings. The number of anilines is 1. The van der Waals surface area contributed by atoms with Gasteiger partial charge in [-0.3, -0.25) is 5.10 Å². The number of rotatable bonds is 3. The third-order valence-corrected chi connectivity index (χ3v) is 4.28. The Hall–Kier alpha value is -1.14. The van der Waals surface area contributed by atoms with Crippen LogP contribution in [0.2, 0.25) is 0 Å². The third kappa shape index (κ3) is 2.60. The molecule has 2 aliphatic heterocycles. The largest absolute Gasteiger partial charge is 0.370 e. The summed E-state index contributed by atoms with van der Waals surface area (Å²) in [6.45, 7) is 5.74. The van der Waals surface area contributed by atoms with Crippen molar-refractivity contribution in [1.29, 1.82) is 0 Å². The maximum atomic E-state index is 5.89. The Balaban J connectivity index is 1.71. The molecule has 0 bridgehead atoms. The lowest BCUT2D eigenvalue weighted by Crippen LogP contribution is -2.46. The zero-order chi connectivity index (χ0) is 13.3. The molecule has 6 heteroatoms.